The lowest BCUT2D eigenvalue weighted by Gasteiger charge is -2.45. The van der Waals surface area contributed by atoms with Crippen LogP contribution in [0.1, 0.15) is 51.9 Å². The molecule has 0 bridgehead atoms. The second kappa shape index (κ2) is 6.02. The molecule has 0 aromatic heterocycles. The smallest absolute Gasteiger partial charge is 0.0468 e. The zero-order valence-electron chi connectivity index (χ0n) is 10.8. The highest BCUT2D eigenvalue weighted by atomic mass is 16.5. The molecular weight excluding hydrogens is 198 g/mol. The fourth-order valence-electron chi connectivity index (χ4n) is 3.22. The van der Waals surface area contributed by atoms with Gasteiger partial charge < -0.3 is 10.1 Å². The van der Waals surface area contributed by atoms with Gasteiger partial charge in [0.05, 0.1) is 0 Å². The van der Waals surface area contributed by atoms with E-state index in [1.165, 1.54) is 58.0 Å². The highest BCUT2D eigenvalue weighted by Crippen LogP contribution is 2.46. The van der Waals surface area contributed by atoms with E-state index in [1.807, 2.05) is 0 Å². The van der Waals surface area contributed by atoms with E-state index in [0.717, 1.165) is 19.1 Å². The molecule has 2 heteroatoms. The molecule has 2 nitrogen and oxygen atoms in total. The van der Waals surface area contributed by atoms with E-state index in [0.29, 0.717) is 5.41 Å². The maximum Gasteiger partial charge on any atom is 0.0468 e. The summed E-state index contributed by atoms with van der Waals surface area (Å²) in [5.41, 5.74) is 0.664. The van der Waals surface area contributed by atoms with Crippen LogP contribution >= 0.6 is 0 Å². The van der Waals surface area contributed by atoms with Gasteiger partial charge in [-0.15, -0.1) is 0 Å². The Kier molecular flexibility index (Phi) is 4.66. The second-order valence-electron chi connectivity index (χ2n) is 5.79. The zero-order chi connectivity index (χ0) is 11.3. The minimum absolute atomic E-state index is 0.664. The largest absolute Gasteiger partial charge is 0.381 e. The lowest BCUT2D eigenvalue weighted by molar-refractivity contribution is 0.0239. The second-order valence-corrected chi connectivity index (χ2v) is 5.79. The normalized spacial score (nSPS) is 25.3. The summed E-state index contributed by atoms with van der Waals surface area (Å²) in [5.74, 6) is 0.942. The summed E-state index contributed by atoms with van der Waals surface area (Å²) in [7, 11) is 0. The average molecular weight is 225 g/mol. The molecule has 2 aliphatic rings. The molecule has 0 radical (unpaired) electrons. The standard InChI is InChI=1S/C14H27NO/c1-2-8-15-12-14(6-3-7-14)11-13-4-9-16-10-5-13/h13,15H,2-12H2,1H3. The first-order valence-corrected chi connectivity index (χ1v) is 7.13. The molecule has 1 saturated carbocycles. The number of nitrogens with one attached hydrogen (secondary N) is 1. The minimum atomic E-state index is 0.664. The van der Waals surface area contributed by atoms with Gasteiger partial charge in [-0.3, -0.25) is 0 Å². The van der Waals surface area contributed by atoms with Gasteiger partial charge in [0, 0.05) is 19.8 Å². The van der Waals surface area contributed by atoms with Crippen molar-refractivity contribution in [2.24, 2.45) is 11.3 Å². The van der Waals surface area contributed by atoms with Gasteiger partial charge in [-0.1, -0.05) is 13.3 Å². The monoisotopic (exact) mass is 225 g/mol. The Morgan fingerprint density at radius 2 is 2.00 bits per heavy atom. The van der Waals surface area contributed by atoms with Gasteiger partial charge in [0.15, 0.2) is 0 Å². The Morgan fingerprint density at radius 3 is 2.56 bits per heavy atom. The summed E-state index contributed by atoms with van der Waals surface area (Å²) in [5, 5.41) is 3.64. The predicted molar refractivity (Wildman–Crippen MR) is 67.6 cm³/mol. The molecule has 1 aliphatic carbocycles. The third-order valence-electron chi connectivity index (χ3n) is 4.40. The lowest BCUT2D eigenvalue weighted by atomic mass is 9.63. The minimum Gasteiger partial charge on any atom is -0.381 e. The van der Waals surface area contributed by atoms with E-state index in [4.69, 9.17) is 4.74 Å². The SMILES string of the molecule is CCCNCC1(CC2CCOCC2)CCC1. The summed E-state index contributed by atoms with van der Waals surface area (Å²) in [6.07, 6.45) is 9.69. The fourth-order valence-corrected chi connectivity index (χ4v) is 3.22. The first-order chi connectivity index (χ1) is 7.85. The summed E-state index contributed by atoms with van der Waals surface area (Å²) >= 11 is 0. The quantitative estimate of drug-likeness (QED) is 0.702. The van der Waals surface area contributed by atoms with E-state index in [9.17, 15) is 0 Å². The molecule has 0 aromatic carbocycles. The van der Waals surface area contributed by atoms with Crippen LogP contribution in [0.25, 0.3) is 0 Å². The maximum absolute atomic E-state index is 5.45. The molecule has 94 valence electrons. The van der Waals surface area contributed by atoms with Crippen LogP contribution in [0.3, 0.4) is 0 Å². The summed E-state index contributed by atoms with van der Waals surface area (Å²) in [6.45, 7) is 6.71. The number of hydrogen-bond donors (Lipinski definition) is 1. The van der Waals surface area contributed by atoms with E-state index in [-0.39, 0.29) is 0 Å². The first-order valence-electron chi connectivity index (χ1n) is 7.13. The highest BCUT2D eigenvalue weighted by molar-refractivity contribution is 4.91. The zero-order valence-corrected chi connectivity index (χ0v) is 10.8. The molecule has 0 spiro atoms. The molecule has 0 aromatic rings. The molecule has 0 unspecified atom stereocenters. The van der Waals surface area contributed by atoms with Crippen LogP contribution in [-0.2, 0) is 4.74 Å². The first kappa shape index (κ1) is 12.4. The van der Waals surface area contributed by atoms with Gasteiger partial charge in [-0.2, -0.15) is 0 Å². The van der Waals surface area contributed by atoms with Crippen LogP contribution < -0.4 is 5.32 Å². The summed E-state index contributed by atoms with van der Waals surface area (Å²) in [4.78, 5) is 0. The van der Waals surface area contributed by atoms with Crippen LogP contribution in [0, 0.1) is 11.3 Å². The van der Waals surface area contributed by atoms with Gasteiger partial charge in [-0.05, 0) is 56.4 Å². The lowest BCUT2D eigenvalue weighted by Crippen LogP contribution is -2.42. The third-order valence-corrected chi connectivity index (χ3v) is 4.40. The van der Waals surface area contributed by atoms with Gasteiger partial charge in [0.25, 0.3) is 0 Å². The van der Waals surface area contributed by atoms with Crippen molar-refractivity contribution in [2.45, 2.75) is 51.9 Å². The van der Waals surface area contributed by atoms with Gasteiger partial charge >= 0.3 is 0 Å². The van der Waals surface area contributed by atoms with Gasteiger partial charge in [0.2, 0.25) is 0 Å². The molecule has 1 aliphatic heterocycles. The van der Waals surface area contributed by atoms with Gasteiger partial charge in [-0.25, -0.2) is 0 Å². The molecule has 16 heavy (non-hydrogen) atoms. The molecule has 0 atom stereocenters. The van der Waals surface area contributed by atoms with Crippen molar-refractivity contribution >= 4 is 0 Å². The van der Waals surface area contributed by atoms with Gasteiger partial charge in [0.1, 0.15) is 0 Å². The average Bonchev–Trinajstić information content (AvgIpc) is 2.27. The van der Waals surface area contributed by atoms with Crippen LogP contribution in [-0.4, -0.2) is 26.3 Å². The van der Waals surface area contributed by atoms with Crippen molar-refractivity contribution in [1.82, 2.24) is 5.32 Å². The molecule has 2 rings (SSSR count). The van der Waals surface area contributed by atoms with E-state index in [1.54, 1.807) is 0 Å². The van der Waals surface area contributed by atoms with Crippen molar-refractivity contribution in [1.29, 1.82) is 0 Å². The molecule has 1 saturated heterocycles. The van der Waals surface area contributed by atoms with Crippen molar-refractivity contribution < 1.29 is 4.74 Å². The van der Waals surface area contributed by atoms with Crippen molar-refractivity contribution in [3.63, 3.8) is 0 Å². The molecular formula is C14H27NO. The predicted octanol–water partition coefficient (Wildman–Crippen LogP) is 2.97. The van der Waals surface area contributed by atoms with Crippen molar-refractivity contribution in [3.05, 3.63) is 0 Å². The Morgan fingerprint density at radius 1 is 1.25 bits per heavy atom. The number of rotatable bonds is 6. The molecule has 1 N–H and O–H groups in total. The summed E-state index contributed by atoms with van der Waals surface area (Å²) < 4.78 is 5.45. The molecule has 1 heterocycles. The van der Waals surface area contributed by atoms with E-state index in [2.05, 4.69) is 12.2 Å². The Bertz CT molecular complexity index is 195. The topological polar surface area (TPSA) is 21.3 Å². The van der Waals surface area contributed by atoms with E-state index < -0.39 is 0 Å². The van der Waals surface area contributed by atoms with Crippen LogP contribution in [0.4, 0.5) is 0 Å². The van der Waals surface area contributed by atoms with Crippen LogP contribution in [0.15, 0.2) is 0 Å². The maximum atomic E-state index is 5.45. The fraction of sp³-hybridized carbons (Fsp3) is 1.00. The highest BCUT2D eigenvalue weighted by Gasteiger charge is 2.38. The van der Waals surface area contributed by atoms with Crippen molar-refractivity contribution in [3.8, 4) is 0 Å². The molecule has 0 amide bonds. The molecule has 2 fully saturated rings. The third kappa shape index (κ3) is 3.21. The van der Waals surface area contributed by atoms with Crippen LogP contribution in [0.5, 0.6) is 0 Å². The Labute approximate surface area is 100 Å². The van der Waals surface area contributed by atoms with Crippen molar-refractivity contribution in [2.75, 3.05) is 26.3 Å². The Balaban J connectivity index is 1.74. The number of ether oxygens (including phenoxy) is 1. The number of hydrogen-bond acceptors (Lipinski definition) is 2. The van der Waals surface area contributed by atoms with E-state index >= 15 is 0 Å². The van der Waals surface area contributed by atoms with Crippen LogP contribution in [0.2, 0.25) is 0 Å². The summed E-state index contributed by atoms with van der Waals surface area (Å²) in [6, 6.07) is 0. The Hall–Kier alpha value is -0.0800.